The molecule has 4 nitrogen and oxygen atoms in total. The van der Waals surface area contributed by atoms with E-state index in [1.165, 1.54) is 5.39 Å². The normalized spacial score (nSPS) is 12.4. The van der Waals surface area contributed by atoms with E-state index in [9.17, 15) is 0 Å². The number of aromatic nitrogens is 2. The van der Waals surface area contributed by atoms with Crippen LogP contribution in [0.25, 0.3) is 10.8 Å². The SMILES string of the molecule is CNC(c1cccnc1N)c1nccc2ccccc12. The van der Waals surface area contributed by atoms with Crippen LogP contribution in [0.2, 0.25) is 0 Å². The number of fused-ring (bicyclic) bond motifs is 1. The Morgan fingerprint density at radius 3 is 2.65 bits per heavy atom. The molecule has 3 rings (SSSR count). The number of nitrogens with two attached hydrogens (primary N) is 1. The maximum Gasteiger partial charge on any atom is 0.128 e. The number of nitrogen functional groups attached to an aromatic ring is 1. The molecule has 0 amide bonds. The number of rotatable bonds is 3. The number of hydrogen-bond donors (Lipinski definition) is 2. The lowest BCUT2D eigenvalue weighted by molar-refractivity contribution is 0.677. The summed E-state index contributed by atoms with van der Waals surface area (Å²) in [5.74, 6) is 0.529. The molecule has 1 unspecified atom stereocenters. The molecule has 0 aliphatic heterocycles. The number of nitrogens with one attached hydrogen (secondary N) is 1. The van der Waals surface area contributed by atoms with Gasteiger partial charge >= 0.3 is 0 Å². The molecule has 3 aromatic rings. The maximum absolute atomic E-state index is 6.00. The number of pyridine rings is 2. The highest BCUT2D eigenvalue weighted by atomic mass is 14.9. The van der Waals surface area contributed by atoms with Crippen molar-refractivity contribution in [3.8, 4) is 0 Å². The van der Waals surface area contributed by atoms with E-state index in [2.05, 4.69) is 27.4 Å². The van der Waals surface area contributed by atoms with Gasteiger partial charge in [0.1, 0.15) is 5.82 Å². The molecule has 0 aliphatic rings. The fourth-order valence-corrected chi connectivity index (χ4v) is 2.49. The molecular weight excluding hydrogens is 248 g/mol. The minimum absolute atomic E-state index is 0.0743. The second-order valence-corrected chi connectivity index (χ2v) is 4.62. The van der Waals surface area contributed by atoms with Crippen molar-refractivity contribution in [1.29, 1.82) is 0 Å². The van der Waals surface area contributed by atoms with Crippen LogP contribution in [0, 0.1) is 0 Å². The van der Waals surface area contributed by atoms with Crippen molar-refractivity contribution in [3.63, 3.8) is 0 Å². The van der Waals surface area contributed by atoms with Crippen molar-refractivity contribution >= 4 is 16.6 Å². The summed E-state index contributed by atoms with van der Waals surface area (Å²) in [7, 11) is 1.90. The molecule has 0 saturated carbocycles. The van der Waals surface area contributed by atoms with Gasteiger partial charge in [-0.3, -0.25) is 4.98 Å². The molecule has 0 aliphatic carbocycles. The van der Waals surface area contributed by atoms with Crippen LogP contribution >= 0.6 is 0 Å². The molecule has 1 aromatic carbocycles. The molecule has 0 radical (unpaired) electrons. The van der Waals surface area contributed by atoms with Gasteiger partial charge < -0.3 is 11.1 Å². The van der Waals surface area contributed by atoms with E-state index in [1.54, 1.807) is 6.20 Å². The third-order valence-electron chi connectivity index (χ3n) is 3.45. The molecular formula is C16H16N4. The van der Waals surface area contributed by atoms with Gasteiger partial charge in [0.15, 0.2) is 0 Å². The van der Waals surface area contributed by atoms with E-state index in [0.29, 0.717) is 5.82 Å². The monoisotopic (exact) mass is 264 g/mol. The van der Waals surface area contributed by atoms with Crippen LogP contribution in [-0.4, -0.2) is 17.0 Å². The molecule has 2 aromatic heterocycles. The summed E-state index contributed by atoms with van der Waals surface area (Å²) >= 11 is 0. The average molecular weight is 264 g/mol. The zero-order chi connectivity index (χ0) is 13.9. The largest absolute Gasteiger partial charge is 0.383 e. The lowest BCUT2D eigenvalue weighted by Crippen LogP contribution is -2.20. The molecule has 3 N–H and O–H groups in total. The molecule has 2 heterocycles. The van der Waals surface area contributed by atoms with Gasteiger partial charge in [0.05, 0.1) is 11.7 Å². The van der Waals surface area contributed by atoms with Gasteiger partial charge in [-0.15, -0.1) is 0 Å². The van der Waals surface area contributed by atoms with Crippen LogP contribution in [-0.2, 0) is 0 Å². The lowest BCUT2D eigenvalue weighted by Gasteiger charge is -2.19. The zero-order valence-corrected chi connectivity index (χ0v) is 11.2. The Morgan fingerprint density at radius 1 is 1.00 bits per heavy atom. The van der Waals surface area contributed by atoms with Crippen LogP contribution in [0.4, 0.5) is 5.82 Å². The summed E-state index contributed by atoms with van der Waals surface area (Å²) < 4.78 is 0. The van der Waals surface area contributed by atoms with Gasteiger partial charge in [-0.1, -0.05) is 30.3 Å². The molecule has 20 heavy (non-hydrogen) atoms. The van der Waals surface area contributed by atoms with Crippen molar-refractivity contribution in [2.24, 2.45) is 0 Å². The predicted molar refractivity (Wildman–Crippen MR) is 81.3 cm³/mol. The quantitative estimate of drug-likeness (QED) is 0.763. The summed E-state index contributed by atoms with van der Waals surface area (Å²) in [5, 5.41) is 5.57. The predicted octanol–water partition coefficient (Wildman–Crippen LogP) is 2.52. The van der Waals surface area contributed by atoms with Gasteiger partial charge in [0.2, 0.25) is 0 Å². The minimum Gasteiger partial charge on any atom is -0.383 e. The molecule has 0 saturated heterocycles. The zero-order valence-electron chi connectivity index (χ0n) is 11.2. The molecule has 100 valence electrons. The van der Waals surface area contributed by atoms with E-state index >= 15 is 0 Å². The minimum atomic E-state index is -0.0743. The van der Waals surface area contributed by atoms with E-state index in [1.807, 2.05) is 43.6 Å². The third kappa shape index (κ3) is 2.10. The number of nitrogens with zero attached hydrogens (tertiary/aromatic N) is 2. The van der Waals surface area contributed by atoms with Crippen LogP contribution in [0.5, 0.6) is 0 Å². The first-order valence-corrected chi connectivity index (χ1v) is 6.52. The first-order chi connectivity index (χ1) is 9.81. The van der Waals surface area contributed by atoms with Crippen molar-refractivity contribution in [2.75, 3.05) is 12.8 Å². The van der Waals surface area contributed by atoms with Crippen LogP contribution in [0.1, 0.15) is 17.3 Å². The van der Waals surface area contributed by atoms with Gasteiger partial charge in [-0.05, 0) is 24.6 Å². The number of benzene rings is 1. The highest BCUT2D eigenvalue weighted by Crippen LogP contribution is 2.28. The first kappa shape index (κ1) is 12.6. The highest BCUT2D eigenvalue weighted by Gasteiger charge is 2.18. The Balaban J connectivity index is 2.20. The Labute approximate surface area is 117 Å². The number of anilines is 1. The highest BCUT2D eigenvalue weighted by molar-refractivity contribution is 5.85. The Bertz CT molecular complexity index is 734. The maximum atomic E-state index is 6.00. The lowest BCUT2D eigenvalue weighted by atomic mass is 9.99. The number of hydrogen-bond acceptors (Lipinski definition) is 4. The molecule has 0 bridgehead atoms. The summed E-state index contributed by atoms with van der Waals surface area (Å²) in [6.07, 6.45) is 3.52. The average Bonchev–Trinajstić information content (AvgIpc) is 2.50. The second-order valence-electron chi connectivity index (χ2n) is 4.62. The van der Waals surface area contributed by atoms with Gasteiger partial charge in [-0.25, -0.2) is 4.98 Å². The van der Waals surface area contributed by atoms with Crippen molar-refractivity contribution in [2.45, 2.75) is 6.04 Å². The van der Waals surface area contributed by atoms with Gasteiger partial charge in [0.25, 0.3) is 0 Å². The van der Waals surface area contributed by atoms with E-state index in [-0.39, 0.29) is 6.04 Å². The summed E-state index contributed by atoms with van der Waals surface area (Å²) in [6, 6.07) is 14.0. The van der Waals surface area contributed by atoms with Gasteiger partial charge in [0, 0.05) is 23.3 Å². The van der Waals surface area contributed by atoms with Crippen molar-refractivity contribution < 1.29 is 0 Å². The second kappa shape index (κ2) is 5.27. The summed E-state index contributed by atoms with van der Waals surface area (Å²) in [6.45, 7) is 0. The molecule has 0 fully saturated rings. The van der Waals surface area contributed by atoms with E-state index in [4.69, 9.17) is 5.73 Å². The van der Waals surface area contributed by atoms with E-state index in [0.717, 1.165) is 16.6 Å². The van der Waals surface area contributed by atoms with Crippen LogP contribution < -0.4 is 11.1 Å². The van der Waals surface area contributed by atoms with Crippen LogP contribution in [0.15, 0.2) is 54.9 Å². The topological polar surface area (TPSA) is 63.8 Å². The van der Waals surface area contributed by atoms with Crippen LogP contribution in [0.3, 0.4) is 0 Å². The molecule has 1 atom stereocenters. The standard InChI is InChI=1S/C16H16N4/c1-18-14(13-7-4-9-20-16(13)17)15-12-6-3-2-5-11(12)8-10-19-15/h2-10,14,18H,1H3,(H2,17,20). The molecule has 0 spiro atoms. The van der Waals surface area contributed by atoms with E-state index < -0.39 is 0 Å². The Hall–Kier alpha value is -2.46. The molecule has 4 heteroatoms. The fraction of sp³-hybridized carbons (Fsp3) is 0.125. The fourth-order valence-electron chi connectivity index (χ4n) is 2.49. The van der Waals surface area contributed by atoms with Crippen molar-refractivity contribution in [3.05, 3.63) is 66.1 Å². The Morgan fingerprint density at radius 2 is 1.85 bits per heavy atom. The smallest absolute Gasteiger partial charge is 0.128 e. The Kier molecular flexibility index (Phi) is 3.31. The van der Waals surface area contributed by atoms with Gasteiger partial charge in [-0.2, -0.15) is 0 Å². The summed E-state index contributed by atoms with van der Waals surface area (Å²) in [5.41, 5.74) is 7.91. The van der Waals surface area contributed by atoms with Crippen molar-refractivity contribution in [1.82, 2.24) is 15.3 Å². The first-order valence-electron chi connectivity index (χ1n) is 6.52. The third-order valence-corrected chi connectivity index (χ3v) is 3.45. The summed E-state index contributed by atoms with van der Waals surface area (Å²) in [4.78, 5) is 8.71.